The lowest BCUT2D eigenvalue weighted by Crippen LogP contribution is -2.46. The number of carbonyl (C=O) groups excluding carboxylic acids is 2. The molecular formula is C21H23N3O2. The third kappa shape index (κ3) is 2.98. The van der Waals surface area contributed by atoms with E-state index in [-0.39, 0.29) is 29.7 Å². The molecule has 5 nitrogen and oxygen atoms in total. The Bertz CT molecular complexity index is 793. The second kappa shape index (κ2) is 6.90. The van der Waals surface area contributed by atoms with Crippen LogP contribution in [-0.2, 0) is 9.59 Å². The Balaban J connectivity index is 1.46. The van der Waals surface area contributed by atoms with E-state index in [1.54, 1.807) is 16.0 Å². The maximum atomic E-state index is 13.0. The van der Waals surface area contributed by atoms with Gasteiger partial charge in [0.25, 0.3) is 0 Å². The first-order valence-corrected chi connectivity index (χ1v) is 9.27. The average Bonchev–Trinajstić information content (AvgIpc) is 3.41. The second-order valence-corrected chi connectivity index (χ2v) is 6.99. The van der Waals surface area contributed by atoms with Crippen molar-refractivity contribution in [3.05, 3.63) is 60.4 Å². The van der Waals surface area contributed by atoms with Gasteiger partial charge in [-0.05, 0) is 49.4 Å². The number of carbonyl (C=O) groups is 2. The van der Waals surface area contributed by atoms with E-state index in [9.17, 15) is 9.59 Å². The number of benzene rings is 1. The van der Waals surface area contributed by atoms with Crippen molar-refractivity contribution in [1.29, 1.82) is 0 Å². The highest BCUT2D eigenvalue weighted by atomic mass is 16.2. The SMILES string of the molecule is CCN(C(=O)[C@H]1C[C@@H]1c1cccnc1)[C@@H]1CCN(c2ccccc2)C1=O. The van der Waals surface area contributed by atoms with Crippen molar-refractivity contribution >= 4 is 17.5 Å². The van der Waals surface area contributed by atoms with Gasteiger partial charge >= 0.3 is 0 Å². The van der Waals surface area contributed by atoms with Crippen molar-refractivity contribution in [2.24, 2.45) is 5.92 Å². The molecule has 2 aliphatic rings. The molecule has 1 aromatic carbocycles. The number of amides is 2. The van der Waals surface area contributed by atoms with Gasteiger partial charge < -0.3 is 9.80 Å². The summed E-state index contributed by atoms with van der Waals surface area (Å²) < 4.78 is 0. The first-order chi connectivity index (χ1) is 12.7. The van der Waals surface area contributed by atoms with E-state index in [2.05, 4.69) is 4.98 Å². The molecule has 0 unspecified atom stereocenters. The number of hydrogen-bond acceptors (Lipinski definition) is 3. The van der Waals surface area contributed by atoms with E-state index in [0.717, 1.165) is 17.7 Å². The summed E-state index contributed by atoms with van der Waals surface area (Å²) in [5.74, 6) is 0.365. The van der Waals surface area contributed by atoms with Gasteiger partial charge in [0.15, 0.2) is 0 Å². The summed E-state index contributed by atoms with van der Waals surface area (Å²) in [6.45, 7) is 3.18. The third-order valence-corrected chi connectivity index (χ3v) is 5.47. The van der Waals surface area contributed by atoms with Crippen LogP contribution in [0.25, 0.3) is 0 Å². The zero-order valence-corrected chi connectivity index (χ0v) is 14.9. The molecule has 3 atom stereocenters. The highest BCUT2D eigenvalue weighted by molar-refractivity contribution is 6.01. The maximum absolute atomic E-state index is 13.0. The van der Waals surface area contributed by atoms with Crippen LogP contribution in [0.2, 0.25) is 0 Å². The molecule has 4 rings (SSSR count). The molecule has 0 N–H and O–H groups in total. The van der Waals surface area contributed by atoms with Crippen molar-refractivity contribution in [3.8, 4) is 0 Å². The Hall–Kier alpha value is -2.69. The first-order valence-electron chi connectivity index (χ1n) is 9.27. The molecule has 1 saturated carbocycles. The normalized spacial score (nSPS) is 24.6. The molecule has 1 aliphatic carbocycles. The largest absolute Gasteiger partial charge is 0.331 e. The van der Waals surface area contributed by atoms with Gasteiger partial charge in [-0.2, -0.15) is 0 Å². The molecule has 2 heterocycles. The fourth-order valence-electron chi connectivity index (χ4n) is 3.99. The predicted octanol–water partition coefficient (Wildman–Crippen LogP) is 2.84. The Morgan fingerprint density at radius 2 is 2.04 bits per heavy atom. The molecule has 0 bridgehead atoms. The highest BCUT2D eigenvalue weighted by Crippen LogP contribution is 2.48. The molecule has 5 heteroatoms. The van der Waals surface area contributed by atoms with Crippen molar-refractivity contribution in [2.45, 2.75) is 31.7 Å². The van der Waals surface area contributed by atoms with Gasteiger partial charge in [-0.3, -0.25) is 14.6 Å². The zero-order valence-electron chi connectivity index (χ0n) is 14.9. The Morgan fingerprint density at radius 1 is 1.23 bits per heavy atom. The topological polar surface area (TPSA) is 53.5 Å². The summed E-state index contributed by atoms with van der Waals surface area (Å²) in [6.07, 6.45) is 5.13. The van der Waals surface area contributed by atoms with Crippen molar-refractivity contribution < 1.29 is 9.59 Å². The Kier molecular flexibility index (Phi) is 4.45. The maximum Gasteiger partial charge on any atom is 0.249 e. The van der Waals surface area contributed by atoms with Gasteiger partial charge in [0.1, 0.15) is 6.04 Å². The molecular weight excluding hydrogens is 326 g/mol. The third-order valence-electron chi connectivity index (χ3n) is 5.47. The monoisotopic (exact) mass is 349 g/mol. The lowest BCUT2D eigenvalue weighted by atomic mass is 10.1. The summed E-state index contributed by atoms with van der Waals surface area (Å²) in [6, 6.07) is 13.3. The van der Waals surface area contributed by atoms with Crippen LogP contribution in [0, 0.1) is 5.92 Å². The van der Waals surface area contributed by atoms with E-state index in [0.29, 0.717) is 19.5 Å². The van der Waals surface area contributed by atoms with E-state index in [1.807, 2.05) is 55.6 Å². The average molecular weight is 349 g/mol. The smallest absolute Gasteiger partial charge is 0.249 e. The summed E-state index contributed by atoms with van der Waals surface area (Å²) in [4.78, 5) is 33.7. The molecule has 1 saturated heterocycles. The number of aromatic nitrogens is 1. The van der Waals surface area contributed by atoms with Crippen LogP contribution >= 0.6 is 0 Å². The highest BCUT2D eigenvalue weighted by Gasteiger charge is 2.48. The van der Waals surface area contributed by atoms with Gasteiger partial charge in [0.2, 0.25) is 11.8 Å². The number of para-hydroxylation sites is 1. The number of nitrogens with zero attached hydrogens (tertiary/aromatic N) is 3. The summed E-state index contributed by atoms with van der Waals surface area (Å²) >= 11 is 0. The molecule has 2 aromatic rings. The van der Waals surface area contributed by atoms with E-state index in [4.69, 9.17) is 0 Å². The van der Waals surface area contributed by atoms with Gasteiger partial charge in [-0.25, -0.2) is 0 Å². The summed E-state index contributed by atoms with van der Waals surface area (Å²) in [7, 11) is 0. The van der Waals surface area contributed by atoms with E-state index >= 15 is 0 Å². The van der Waals surface area contributed by atoms with E-state index < -0.39 is 0 Å². The van der Waals surface area contributed by atoms with Crippen molar-refractivity contribution in [2.75, 3.05) is 18.0 Å². The van der Waals surface area contributed by atoms with Gasteiger partial charge in [0.05, 0.1) is 0 Å². The van der Waals surface area contributed by atoms with Crippen LogP contribution in [0.3, 0.4) is 0 Å². The molecule has 0 radical (unpaired) electrons. The van der Waals surface area contributed by atoms with Gasteiger partial charge in [0, 0.05) is 37.1 Å². The molecule has 2 fully saturated rings. The number of anilines is 1. The van der Waals surface area contributed by atoms with Crippen LogP contribution in [0.15, 0.2) is 54.9 Å². The standard InChI is InChI=1S/C21H23N3O2/c1-2-23(20(25)18-13-17(18)15-7-6-11-22-14-15)19-10-12-24(21(19)26)16-8-4-3-5-9-16/h3-9,11,14,17-19H,2,10,12-13H2,1H3/t17-,18+,19-/m1/s1. The minimum absolute atomic E-state index is 0.0160. The molecule has 134 valence electrons. The van der Waals surface area contributed by atoms with E-state index in [1.165, 1.54) is 0 Å². The van der Waals surface area contributed by atoms with Gasteiger partial charge in [-0.1, -0.05) is 24.3 Å². The van der Waals surface area contributed by atoms with Gasteiger partial charge in [-0.15, -0.1) is 0 Å². The number of hydrogen-bond donors (Lipinski definition) is 0. The second-order valence-electron chi connectivity index (χ2n) is 6.99. The lowest BCUT2D eigenvalue weighted by molar-refractivity contribution is -0.139. The fourth-order valence-corrected chi connectivity index (χ4v) is 3.99. The van der Waals surface area contributed by atoms with Crippen LogP contribution in [-0.4, -0.2) is 40.8 Å². The molecule has 1 aromatic heterocycles. The molecule has 26 heavy (non-hydrogen) atoms. The van der Waals surface area contributed by atoms with Crippen LogP contribution in [0.1, 0.15) is 31.2 Å². The Labute approximate surface area is 153 Å². The number of rotatable bonds is 5. The van der Waals surface area contributed by atoms with Crippen LogP contribution in [0.5, 0.6) is 0 Å². The minimum Gasteiger partial charge on any atom is -0.331 e. The predicted molar refractivity (Wildman–Crippen MR) is 99.7 cm³/mol. The molecule has 2 amide bonds. The molecule has 1 aliphatic heterocycles. The van der Waals surface area contributed by atoms with Crippen molar-refractivity contribution in [1.82, 2.24) is 9.88 Å². The Morgan fingerprint density at radius 3 is 2.73 bits per heavy atom. The quantitative estimate of drug-likeness (QED) is 0.834. The number of likely N-dealkylation sites (N-methyl/N-ethyl adjacent to an activating group) is 1. The first kappa shape index (κ1) is 16.8. The lowest BCUT2D eigenvalue weighted by Gasteiger charge is -2.27. The number of pyridine rings is 1. The fraction of sp³-hybridized carbons (Fsp3) is 0.381. The van der Waals surface area contributed by atoms with Crippen LogP contribution < -0.4 is 4.90 Å². The van der Waals surface area contributed by atoms with Crippen LogP contribution in [0.4, 0.5) is 5.69 Å². The molecule has 0 spiro atoms. The summed E-state index contributed by atoms with van der Waals surface area (Å²) in [5, 5.41) is 0. The zero-order chi connectivity index (χ0) is 18.1. The van der Waals surface area contributed by atoms with Crippen molar-refractivity contribution in [3.63, 3.8) is 0 Å². The minimum atomic E-state index is -0.345. The summed E-state index contributed by atoms with van der Waals surface area (Å²) in [5.41, 5.74) is 2.02.